The van der Waals surface area contributed by atoms with Crippen LogP contribution in [0.3, 0.4) is 0 Å². The first-order chi connectivity index (χ1) is 17.2. The van der Waals surface area contributed by atoms with Crippen LogP contribution in [-0.2, 0) is 14.8 Å². The zero-order valence-electron chi connectivity index (χ0n) is 20.3. The van der Waals surface area contributed by atoms with Crippen LogP contribution in [0.4, 0.5) is 11.4 Å². The molecule has 0 aliphatic heterocycles. The smallest absolute Gasteiger partial charge is 0.264 e. The van der Waals surface area contributed by atoms with Crippen molar-refractivity contribution in [2.75, 3.05) is 43.2 Å². The van der Waals surface area contributed by atoms with E-state index in [9.17, 15) is 13.2 Å². The predicted molar refractivity (Wildman–Crippen MR) is 144 cm³/mol. The molecule has 0 unspecified atom stereocenters. The Kier molecular flexibility index (Phi) is 9.36. The Labute approximate surface area is 220 Å². The lowest BCUT2D eigenvalue weighted by molar-refractivity contribution is -0.114. The van der Waals surface area contributed by atoms with E-state index in [2.05, 4.69) is 5.32 Å². The van der Waals surface area contributed by atoms with Crippen LogP contribution in [0, 0.1) is 0 Å². The number of benzene rings is 3. The summed E-state index contributed by atoms with van der Waals surface area (Å²) in [7, 11) is -1.20. The number of hydrogen-bond donors (Lipinski definition) is 1. The third kappa shape index (κ3) is 6.37. The zero-order chi connectivity index (χ0) is 26.3. The van der Waals surface area contributed by atoms with E-state index in [1.165, 1.54) is 50.2 Å². The number of ether oxygens (including phenoxy) is 3. The normalized spacial score (nSPS) is 11.0. The molecule has 0 spiro atoms. The molecule has 0 saturated heterocycles. The number of sulfonamides is 1. The Balaban J connectivity index is 1.97. The Morgan fingerprint density at radius 2 is 1.64 bits per heavy atom. The number of amides is 1. The van der Waals surface area contributed by atoms with Crippen molar-refractivity contribution in [2.24, 2.45) is 0 Å². The van der Waals surface area contributed by atoms with Crippen LogP contribution in [0.5, 0.6) is 17.2 Å². The Morgan fingerprint density at radius 3 is 2.19 bits per heavy atom. The van der Waals surface area contributed by atoms with Crippen molar-refractivity contribution < 1.29 is 27.4 Å². The maximum absolute atomic E-state index is 13.6. The fraction of sp³-hybridized carbons (Fsp3) is 0.240. The quantitative estimate of drug-likeness (QED) is 0.323. The topological polar surface area (TPSA) is 94.2 Å². The van der Waals surface area contributed by atoms with Gasteiger partial charge in [0, 0.05) is 17.0 Å². The van der Waals surface area contributed by atoms with Gasteiger partial charge in [0.25, 0.3) is 10.0 Å². The van der Waals surface area contributed by atoms with E-state index in [1.54, 1.807) is 36.4 Å². The summed E-state index contributed by atoms with van der Waals surface area (Å²) in [6, 6.07) is 16.0. The molecular weight excluding hydrogens is 524 g/mol. The second kappa shape index (κ2) is 12.2. The first-order valence-electron chi connectivity index (χ1n) is 10.8. The molecule has 3 aromatic carbocycles. The van der Waals surface area contributed by atoms with Crippen LogP contribution in [0.15, 0.2) is 70.5 Å². The molecular formula is C25H27ClN2O6S2. The van der Waals surface area contributed by atoms with Crippen molar-refractivity contribution in [3.05, 3.63) is 65.7 Å². The van der Waals surface area contributed by atoms with Gasteiger partial charge in [0.1, 0.15) is 23.8 Å². The summed E-state index contributed by atoms with van der Waals surface area (Å²) in [4.78, 5) is 14.1. The standard InChI is InChI=1S/C25H27ClN2O6S2/c1-5-34-18-8-6-17(7-9-18)28(36(30,31)20-12-10-19(35-4)11-13-20)16-25(29)27-22-15-23(32-2)21(26)14-24(22)33-3/h6-15H,5,16H2,1-4H3,(H,27,29). The minimum Gasteiger partial charge on any atom is -0.495 e. The van der Waals surface area contributed by atoms with Crippen molar-refractivity contribution in [3.8, 4) is 17.2 Å². The summed E-state index contributed by atoms with van der Waals surface area (Å²) < 4.78 is 44.3. The molecule has 0 heterocycles. The number of hydrogen-bond acceptors (Lipinski definition) is 7. The van der Waals surface area contributed by atoms with E-state index in [0.29, 0.717) is 34.6 Å². The first kappa shape index (κ1) is 27.5. The first-order valence-corrected chi connectivity index (χ1v) is 13.9. The zero-order valence-corrected chi connectivity index (χ0v) is 22.7. The van der Waals surface area contributed by atoms with Crippen LogP contribution in [0.2, 0.25) is 5.02 Å². The van der Waals surface area contributed by atoms with E-state index >= 15 is 0 Å². The largest absolute Gasteiger partial charge is 0.495 e. The van der Waals surface area contributed by atoms with Gasteiger partial charge < -0.3 is 19.5 Å². The number of carbonyl (C=O) groups is 1. The van der Waals surface area contributed by atoms with E-state index in [4.69, 9.17) is 25.8 Å². The average Bonchev–Trinajstić information content (AvgIpc) is 2.88. The van der Waals surface area contributed by atoms with Crippen molar-refractivity contribution in [1.29, 1.82) is 0 Å². The lowest BCUT2D eigenvalue weighted by Crippen LogP contribution is -2.38. The van der Waals surface area contributed by atoms with Crippen molar-refractivity contribution in [1.82, 2.24) is 0 Å². The molecule has 192 valence electrons. The molecule has 0 atom stereocenters. The third-order valence-corrected chi connectivity index (χ3v) is 7.95. The maximum Gasteiger partial charge on any atom is 0.264 e. The van der Waals surface area contributed by atoms with Gasteiger partial charge in [-0.05, 0) is 61.7 Å². The minimum absolute atomic E-state index is 0.0627. The lowest BCUT2D eigenvalue weighted by atomic mass is 10.2. The molecule has 0 aliphatic carbocycles. The fourth-order valence-electron chi connectivity index (χ4n) is 3.34. The summed E-state index contributed by atoms with van der Waals surface area (Å²) in [5.74, 6) is 0.635. The number of anilines is 2. The fourth-order valence-corrected chi connectivity index (χ4v) is 5.40. The van der Waals surface area contributed by atoms with Crippen LogP contribution in [-0.4, -0.2) is 48.0 Å². The predicted octanol–water partition coefficient (Wildman–Crippen LogP) is 5.31. The van der Waals surface area contributed by atoms with Crippen LogP contribution in [0.25, 0.3) is 0 Å². The molecule has 0 bridgehead atoms. The molecule has 11 heteroatoms. The summed E-state index contributed by atoms with van der Waals surface area (Å²) in [5, 5.41) is 3.01. The minimum atomic E-state index is -4.08. The highest BCUT2D eigenvalue weighted by atomic mass is 35.5. The monoisotopic (exact) mass is 550 g/mol. The van der Waals surface area contributed by atoms with Gasteiger partial charge in [-0.2, -0.15) is 0 Å². The SMILES string of the molecule is CCOc1ccc(N(CC(=O)Nc2cc(OC)c(Cl)cc2OC)S(=O)(=O)c2ccc(SC)cc2)cc1. The highest BCUT2D eigenvalue weighted by molar-refractivity contribution is 7.98. The van der Waals surface area contributed by atoms with Crippen molar-refractivity contribution >= 4 is 50.7 Å². The van der Waals surface area contributed by atoms with Crippen LogP contribution >= 0.6 is 23.4 Å². The number of thioether (sulfide) groups is 1. The summed E-state index contributed by atoms with van der Waals surface area (Å²) in [6.07, 6.45) is 1.90. The van der Waals surface area contributed by atoms with Gasteiger partial charge in [-0.3, -0.25) is 9.10 Å². The summed E-state index contributed by atoms with van der Waals surface area (Å²) in [5.41, 5.74) is 0.598. The Morgan fingerprint density at radius 1 is 1.00 bits per heavy atom. The van der Waals surface area contributed by atoms with Gasteiger partial charge >= 0.3 is 0 Å². The van der Waals surface area contributed by atoms with Crippen molar-refractivity contribution in [3.63, 3.8) is 0 Å². The molecule has 0 radical (unpaired) electrons. The number of nitrogens with zero attached hydrogens (tertiary/aromatic N) is 1. The molecule has 0 aliphatic rings. The van der Waals surface area contributed by atoms with Gasteiger partial charge in [0.15, 0.2) is 0 Å². The van der Waals surface area contributed by atoms with E-state index in [1.807, 2.05) is 13.2 Å². The molecule has 0 fully saturated rings. The van der Waals surface area contributed by atoms with Gasteiger partial charge in [-0.1, -0.05) is 11.6 Å². The van der Waals surface area contributed by atoms with Crippen LogP contribution in [0.1, 0.15) is 6.92 Å². The molecule has 3 aromatic rings. The molecule has 3 rings (SSSR count). The van der Waals surface area contributed by atoms with Gasteiger partial charge in [0.2, 0.25) is 5.91 Å². The van der Waals surface area contributed by atoms with E-state index < -0.39 is 22.5 Å². The molecule has 0 saturated carbocycles. The summed E-state index contributed by atoms with van der Waals surface area (Å²) >= 11 is 7.65. The lowest BCUT2D eigenvalue weighted by Gasteiger charge is -2.24. The molecule has 1 amide bonds. The number of carbonyl (C=O) groups excluding carboxylic acids is 1. The highest BCUT2D eigenvalue weighted by Gasteiger charge is 2.28. The highest BCUT2D eigenvalue weighted by Crippen LogP contribution is 2.36. The third-order valence-electron chi connectivity index (χ3n) is 5.12. The molecule has 8 nitrogen and oxygen atoms in total. The van der Waals surface area contributed by atoms with Crippen LogP contribution < -0.4 is 23.8 Å². The Hall–Kier alpha value is -3.08. The maximum atomic E-state index is 13.6. The van der Waals surface area contributed by atoms with Gasteiger partial charge in [0.05, 0.1) is 42.1 Å². The summed E-state index contributed by atoms with van der Waals surface area (Å²) in [6.45, 7) is 1.83. The van der Waals surface area contributed by atoms with Gasteiger partial charge in [-0.15, -0.1) is 11.8 Å². The molecule has 1 N–H and O–H groups in total. The number of rotatable bonds is 11. The van der Waals surface area contributed by atoms with E-state index in [-0.39, 0.29) is 10.6 Å². The number of nitrogens with one attached hydrogen (secondary N) is 1. The number of halogens is 1. The van der Waals surface area contributed by atoms with E-state index in [0.717, 1.165) is 9.20 Å². The second-order valence-corrected chi connectivity index (χ2v) is 10.5. The number of methoxy groups -OCH3 is 2. The molecule has 36 heavy (non-hydrogen) atoms. The van der Waals surface area contributed by atoms with Gasteiger partial charge in [-0.25, -0.2) is 8.42 Å². The average molecular weight is 551 g/mol. The van der Waals surface area contributed by atoms with Crippen molar-refractivity contribution in [2.45, 2.75) is 16.7 Å². The Bertz CT molecular complexity index is 1300. The second-order valence-electron chi connectivity index (χ2n) is 7.35. The molecule has 0 aromatic heterocycles.